The van der Waals surface area contributed by atoms with Crippen LogP contribution in [0.1, 0.15) is 37.3 Å². The Morgan fingerprint density at radius 1 is 1.35 bits per heavy atom. The van der Waals surface area contributed by atoms with Gasteiger partial charge in [0, 0.05) is 23.6 Å². The van der Waals surface area contributed by atoms with Gasteiger partial charge >= 0.3 is 0 Å². The highest BCUT2D eigenvalue weighted by Gasteiger charge is 2.47. The molecule has 3 nitrogen and oxygen atoms in total. The zero-order valence-corrected chi connectivity index (χ0v) is 10.1. The van der Waals surface area contributed by atoms with E-state index >= 15 is 0 Å². The number of amides is 1. The monoisotopic (exact) mass is 230 g/mol. The zero-order chi connectivity index (χ0) is 12.0. The van der Waals surface area contributed by atoms with Crippen LogP contribution in [-0.2, 0) is 16.6 Å². The molecule has 17 heavy (non-hydrogen) atoms. The fourth-order valence-electron chi connectivity index (χ4n) is 2.82. The SMILES string of the molecule is CC(N)C1(c2ccc3c(c2)NC(=O)CC3)CC1. The summed E-state index contributed by atoms with van der Waals surface area (Å²) in [6, 6.07) is 6.64. The number of hydrogen-bond donors (Lipinski definition) is 2. The molecule has 0 saturated heterocycles. The third-order valence-corrected chi connectivity index (χ3v) is 4.24. The molecule has 90 valence electrons. The molecule has 3 heteroatoms. The van der Waals surface area contributed by atoms with Crippen LogP contribution in [0.3, 0.4) is 0 Å². The lowest BCUT2D eigenvalue weighted by atomic mass is 9.87. The fraction of sp³-hybridized carbons (Fsp3) is 0.500. The summed E-state index contributed by atoms with van der Waals surface area (Å²) in [5.74, 6) is 0.125. The van der Waals surface area contributed by atoms with Crippen molar-refractivity contribution in [2.75, 3.05) is 5.32 Å². The minimum absolute atomic E-state index is 0.125. The number of nitrogens with two attached hydrogens (primary N) is 1. The summed E-state index contributed by atoms with van der Waals surface area (Å²) in [6.07, 6.45) is 3.78. The molecule has 1 aromatic rings. The molecule has 3 N–H and O–H groups in total. The molecule has 1 unspecified atom stereocenters. The molecule has 2 aliphatic rings. The number of carbonyl (C=O) groups excluding carboxylic acids is 1. The van der Waals surface area contributed by atoms with E-state index in [0.29, 0.717) is 6.42 Å². The Hall–Kier alpha value is -1.35. The van der Waals surface area contributed by atoms with Gasteiger partial charge in [0.1, 0.15) is 0 Å². The van der Waals surface area contributed by atoms with E-state index in [4.69, 9.17) is 5.73 Å². The van der Waals surface area contributed by atoms with E-state index < -0.39 is 0 Å². The number of carbonyl (C=O) groups is 1. The van der Waals surface area contributed by atoms with E-state index in [9.17, 15) is 4.79 Å². The van der Waals surface area contributed by atoms with Crippen molar-refractivity contribution in [3.05, 3.63) is 29.3 Å². The van der Waals surface area contributed by atoms with Gasteiger partial charge in [0.15, 0.2) is 0 Å². The minimum atomic E-state index is 0.125. The van der Waals surface area contributed by atoms with Crippen molar-refractivity contribution in [2.45, 2.75) is 44.1 Å². The number of anilines is 1. The minimum Gasteiger partial charge on any atom is -0.327 e. The first-order chi connectivity index (χ1) is 8.12. The molecule has 1 atom stereocenters. The number of fused-ring (bicyclic) bond motifs is 1. The van der Waals surface area contributed by atoms with Gasteiger partial charge < -0.3 is 11.1 Å². The third-order valence-electron chi connectivity index (χ3n) is 4.24. The standard InChI is InChI=1S/C14H18N2O/c1-9(15)14(6-7-14)11-4-2-10-3-5-13(17)16-12(10)8-11/h2,4,8-9H,3,5-7,15H2,1H3,(H,16,17). The Balaban J connectivity index is 1.98. The van der Waals surface area contributed by atoms with E-state index in [1.165, 1.54) is 11.1 Å². The average molecular weight is 230 g/mol. The number of hydrogen-bond acceptors (Lipinski definition) is 2. The van der Waals surface area contributed by atoms with Crippen LogP contribution in [0.15, 0.2) is 18.2 Å². The zero-order valence-electron chi connectivity index (χ0n) is 10.1. The van der Waals surface area contributed by atoms with Crippen molar-refractivity contribution in [1.29, 1.82) is 0 Å². The molecule has 1 saturated carbocycles. The van der Waals surface area contributed by atoms with Crippen LogP contribution in [0.25, 0.3) is 0 Å². The van der Waals surface area contributed by atoms with Gasteiger partial charge in [-0.05, 0) is 43.4 Å². The quantitative estimate of drug-likeness (QED) is 0.816. The van der Waals surface area contributed by atoms with Gasteiger partial charge in [-0.1, -0.05) is 12.1 Å². The van der Waals surface area contributed by atoms with Crippen LogP contribution < -0.4 is 11.1 Å². The van der Waals surface area contributed by atoms with E-state index in [1.54, 1.807) is 0 Å². The molecule has 0 spiro atoms. The molecular formula is C14H18N2O. The predicted octanol–water partition coefficient (Wildman–Crippen LogP) is 1.95. The van der Waals surface area contributed by atoms with E-state index in [0.717, 1.165) is 24.9 Å². The summed E-state index contributed by atoms with van der Waals surface area (Å²) in [4.78, 5) is 11.4. The first-order valence-electron chi connectivity index (χ1n) is 6.31. The molecule has 1 aliphatic heterocycles. The van der Waals surface area contributed by atoms with Gasteiger partial charge in [-0.3, -0.25) is 4.79 Å². The average Bonchev–Trinajstić information content (AvgIpc) is 3.09. The van der Waals surface area contributed by atoms with Crippen molar-refractivity contribution in [3.8, 4) is 0 Å². The Morgan fingerprint density at radius 3 is 2.76 bits per heavy atom. The molecule has 3 rings (SSSR count). The van der Waals surface area contributed by atoms with Crippen molar-refractivity contribution in [3.63, 3.8) is 0 Å². The van der Waals surface area contributed by atoms with Gasteiger partial charge in [0.2, 0.25) is 5.91 Å². The second-order valence-corrected chi connectivity index (χ2v) is 5.36. The molecular weight excluding hydrogens is 212 g/mol. The molecule has 1 aromatic carbocycles. The maximum absolute atomic E-state index is 11.4. The first kappa shape index (κ1) is 10.8. The third kappa shape index (κ3) is 1.65. The highest BCUT2D eigenvalue weighted by atomic mass is 16.1. The van der Waals surface area contributed by atoms with Crippen molar-refractivity contribution in [1.82, 2.24) is 0 Å². The molecule has 0 bridgehead atoms. The fourth-order valence-corrected chi connectivity index (χ4v) is 2.82. The van der Waals surface area contributed by atoms with Crippen LogP contribution in [-0.4, -0.2) is 11.9 Å². The summed E-state index contributed by atoms with van der Waals surface area (Å²) in [5.41, 5.74) is 9.77. The van der Waals surface area contributed by atoms with Gasteiger partial charge in [-0.2, -0.15) is 0 Å². The first-order valence-corrected chi connectivity index (χ1v) is 6.31. The van der Waals surface area contributed by atoms with Crippen LogP contribution in [0.2, 0.25) is 0 Å². The molecule has 0 aromatic heterocycles. The number of rotatable bonds is 2. The van der Waals surface area contributed by atoms with Gasteiger partial charge in [0.25, 0.3) is 0 Å². The lowest BCUT2D eigenvalue weighted by molar-refractivity contribution is -0.116. The van der Waals surface area contributed by atoms with Crippen LogP contribution in [0.5, 0.6) is 0 Å². The Morgan fingerprint density at radius 2 is 2.12 bits per heavy atom. The second-order valence-electron chi connectivity index (χ2n) is 5.36. The van der Waals surface area contributed by atoms with Crippen molar-refractivity contribution in [2.24, 2.45) is 5.73 Å². The van der Waals surface area contributed by atoms with E-state index in [-0.39, 0.29) is 17.4 Å². The van der Waals surface area contributed by atoms with E-state index in [2.05, 4.69) is 30.4 Å². The van der Waals surface area contributed by atoms with Gasteiger partial charge in [-0.15, -0.1) is 0 Å². The maximum Gasteiger partial charge on any atom is 0.224 e. The molecule has 1 heterocycles. The summed E-state index contributed by atoms with van der Waals surface area (Å²) in [7, 11) is 0. The summed E-state index contributed by atoms with van der Waals surface area (Å²) >= 11 is 0. The highest BCUT2D eigenvalue weighted by molar-refractivity contribution is 5.94. The van der Waals surface area contributed by atoms with Crippen LogP contribution >= 0.6 is 0 Å². The van der Waals surface area contributed by atoms with Crippen molar-refractivity contribution < 1.29 is 4.79 Å². The number of benzene rings is 1. The summed E-state index contributed by atoms with van der Waals surface area (Å²) in [5, 5.41) is 2.96. The molecule has 1 fully saturated rings. The van der Waals surface area contributed by atoms with Gasteiger partial charge in [0.05, 0.1) is 0 Å². The maximum atomic E-state index is 11.4. The predicted molar refractivity (Wildman–Crippen MR) is 68.0 cm³/mol. The molecule has 0 radical (unpaired) electrons. The Bertz CT molecular complexity index is 475. The Kier molecular flexibility index (Phi) is 2.26. The lowest BCUT2D eigenvalue weighted by Gasteiger charge is -2.23. The second kappa shape index (κ2) is 3.57. The van der Waals surface area contributed by atoms with Crippen molar-refractivity contribution >= 4 is 11.6 Å². The van der Waals surface area contributed by atoms with E-state index in [1.807, 2.05) is 0 Å². The molecule has 1 amide bonds. The van der Waals surface area contributed by atoms with Gasteiger partial charge in [-0.25, -0.2) is 0 Å². The summed E-state index contributed by atoms with van der Waals surface area (Å²) in [6.45, 7) is 2.07. The summed E-state index contributed by atoms with van der Waals surface area (Å²) < 4.78 is 0. The number of nitrogens with one attached hydrogen (secondary N) is 1. The lowest BCUT2D eigenvalue weighted by Crippen LogP contribution is -2.31. The largest absolute Gasteiger partial charge is 0.327 e. The van der Waals surface area contributed by atoms with Crippen LogP contribution in [0, 0.1) is 0 Å². The molecule has 1 aliphatic carbocycles. The number of aryl methyl sites for hydroxylation is 1. The Labute approximate surface area is 101 Å². The normalized spacial score (nSPS) is 22.6. The van der Waals surface area contributed by atoms with Crippen LogP contribution in [0.4, 0.5) is 5.69 Å². The topological polar surface area (TPSA) is 55.1 Å². The highest BCUT2D eigenvalue weighted by Crippen LogP contribution is 2.51. The smallest absolute Gasteiger partial charge is 0.224 e.